The quantitative estimate of drug-likeness (QED) is 0.692. The van der Waals surface area contributed by atoms with E-state index >= 15 is 0 Å². The Morgan fingerprint density at radius 3 is 2.53 bits per heavy atom. The Kier molecular flexibility index (Phi) is 6.54. The first-order chi connectivity index (χ1) is 8.20. The van der Waals surface area contributed by atoms with Gasteiger partial charge in [0.15, 0.2) is 0 Å². The second kappa shape index (κ2) is 7.68. The van der Waals surface area contributed by atoms with Crippen molar-refractivity contribution in [3.05, 3.63) is 0 Å². The SMILES string of the molecule is CCNC(C)(C#N)CCCCN1CCCCC1. The molecule has 1 atom stereocenters. The molecule has 0 saturated carbocycles. The van der Waals surface area contributed by atoms with E-state index in [0.29, 0.717) is 0 Å². The van der Waals surface area contributed by atoms with Gasteiger partial charge in [0.25, 0.3) is 0 Å². The normalized spacial score (nSPS) is 20.8. The molecule has 1 heterocycles. The topological polar surface area (TPSA) is 39.1 Å². The number of nitriles is 1. The van der Waals surface area contributed by atoms with Crippen LogP contribution >= 0.6 is 0 Å². The number of piperidine rings is 1. The summed E-state index contributed by atoms with van der Waals surface area (Å²) in [5.74, 6) is 0. The molecule has 17 heavy (non-hydrogen) atoms. The van der Waals surface area contributed by atoms with Crippen molar-refractivity contribution in [2.45, 2.75) is 57.9 Å². The van der Waals surface area contributed by atoms with E-state index in [1.807, 2.05) is 6.92 Å². The molecule has 0 spiro atoms. The fourth-order valence-electron chi connectivity index (χ4n) is 2.57. The lowest BCUT2D eigenvalue weighted by Gasteiger charge is -2.27. The zero-order valence-electron chi connectivity index (χ0n) is 11.5. The summed E-state index contributed by atoms with van der Waals surface area (Å²) >= 11 is 0. The van der Waals surface area contributed by atoms with Crippen LogP contribution in [-0.2, 0) is 0 Å². The van der Waals surface area contributed by atoms with Gasteiger partial charge in [-0.15, -0.1) is 0 Å². The Balaban J connectivity index is 2.12. The lowest BCUT2D eigenvalue weighted by Crippen LogP contribution is -2.40. The van der Waals surface area contributed by atoms with Gasteiger partial charge in [-0.25, -0.2) is 0 Å². The summed E-state index contributed by atoms with van der Waals surface area (Å²) < 4.78 is 0. The number of hydrogen-bond acceptors (Lipinski definition) is 3. The van der Waals surface area contributed by atoms with Crippen molar-refractivity contribution in [1.29, 1.82) is 5.26 Å². The highest BCUT2D eigenvalue weighted by Crippen LogP contribution is 2.14. The molecular weight excluding hydrogens is 210 g/mol. The van der Waals surface area contributed by atoms with Crippen LogP contribution in [-0.4, -0.2) is 36.6 Å². The minimum atomic E-state index is -0.323. The third kappa shape index (κ3) is 5.52. The van der Waals surface area contributed by atoms with Crippen LogP contribution in [0.5, 0.6) is 0 Å². The molecule has 1 rings (SSSR count). The van der Waals surface area contributed by atoms with Crippen molar-refractivity contribution < 1.29 is 0 Å². The molecule has 3 heteroatoms. The van der Waals surface area contributed by atoms with Crippen LogP contribution in [0.3, 0.4) is 0 Å². The average Bonchev–Trinajstić information content (AvgIpc) is 2.36. The van der Waals surface area contributed by atoms with E-state index in [2.05, 4.69) is 23.2 Å². The molecule has 98 valence electrons. The van der Waals surface area contributed by atoms with E-state index in [0.717, 1.165) is 19.4 Å². The van der Waals surface area contributed by atoms with Crippen molar-refractivity contribution in [1.82, 2.24) is 10.2 Å². The van der Waals surface area contributed by atoms with Crippen LogP contribution in [0.4, 0.5) is 0 Å². The number of hydrogen-bond donors (Lipinski definition) is 1. The highest BCUT2D eigenvalue weighted by Gasteiger charge is 2.21. The Morgan fingerprint density at radius 2 is 1.94 bits per heavy atom. The number of nitrogens with one attached hydrogen (secondary N) is 1. The van der Waals surface area contributed by atoms with Crippen LogP contribution < -0.4 is 5.32 Å². The summed E-state index contributed by atoms with van der Waals surface area (Å²) in [5.41, 5.74) is -0.323. The number of unbranched alkanes of at least 4 members (excludes halogenated alkanes) is 1. The Morgan fingerprint density at radius 1 is 1.24 bits per heavy atom. The molecule has 1 aliphatic rings. The maximum absolute atomic E-state index is 9.14. The zero-order valence-corrected chi connectivity index (χ0v) is 11.5. The van der Waals surface area contributed by atoms with Crippen LogP contribution in [0.15, 0.2) is 0 Å². The summed E-state index contributed by atoms with van der Waals surface area (Å²) in [7, 11) is 0. The first-order valence-corrected chi connectivity index (χ1v) is 7.09. The summed E-state index contributed by atoms with van der Waals surface area (Å²) in [6.45, 7) is 8.72. The van der Waals surface area contributed by atoms with Crippen molar-refractivity contribution in [3.8, 4) is 6.07 Å². The minimum Gasteiger partial charge on any atom is -0.303 e. The summed E-state index contributed by atoms with van der Waals surface area (Å²) in [6.07, 6.45) is 7.48. The van der Waals surface area contributed by atoms with Crippen molar-refractivity contribution >= 4 is 0 Å². The number of likely N-dealkylation sites (tertiary alicyclic amines) is 1. The molecule has 1 aliphatic heterocycles. The minimum absolute atomic E-state index is 0.323. The van der Waals surface area contributed by atoms with Gasteiger partial charge in [0.2, 0.25) is 0 Å². The van der Waals surface area contributed by atoms with Crippen molar-refractivity contribution in [2.75, 3.05) is 26.2 Å². The van der Waals surface area contributed by atoms with Gasteiger partial charge < -0.3 is 4.90 Å². The van der Waals surface area contributed by atoms with E-state index in [1.54, 1.807) is 0 Å². The van der Waals surface area contributed by atoms with Gasteiger partial charge in [-0.1, -0.05) is 13.3 Å². The summed E-state index contributed by atoms with van der Waals surface area (Å²) in [6, 6.07) is 2.39. The van der Waals surface area contributed by atoms with Crippen LogP contribution in [0, 0.1) is 11.3 Å². The second-order valence-electron chi connectivity index (χ2n) is 5.33. The van der Waals surface area contributed by atoms with E-state index in [-0.39, 0.29) is 5.54 Å². The molecule has 1 saturated heterocycles. The Hall–Kier alpha value is -0.590. The third-order valence-electron chi connectivity index (χ3n) is 3.66. The van der Waals surface area contributed by atoms with Crippen molar-refractivity contribution in [2.24, 2.45) is 0 Å². The average molecular weight is 237 g/mol. The number of nitrogens with zero attached hydrogens (tertiary/aromatic N) is 2. The van der Waals surface area contributed by atoms with Crippen LogP contribution in [0.1, 0.15) is 52.4 Å². The van der Waals surface area contributed by atoms with Crippen molar-refractivity contribution in [3.63, 3.8) is 0 Å². The molecule has 3 nitrogen and oxygen atoms in total. The smallest absolute Gasteiger partial charge is 0.103 e. The lowest BCUT2D eigenvalue weighted by atomic mass is 9.96. The zero-order chi connectivity index (χ0) is 12.6. The van der Waals surface area contributed by atoms with Gasteiger partial charge in [0.05, 0.1) is 6.07 Å². The first-order valence-electron chi connectivity index (χ1n) is 7.09. The fourth-order valence-corrected chi connectivity index (χ4v) is 2.57. The lowest BCUT2D eigenvalue weighted by molar-refractivity contribution is 0.222. The molecule has 0 aromatic rings. The van der Waals surface area contributed by atoms with Crippen LogP contribution in [0.25, 0.3) is 0 Å². The second-order valence-corrected chi connectivity index (χ2v) is 5.33. The molecule has 0 bridgehead atoms. The molecule has 1 fully saturated rings. The molecular formula is C14H27N3. The van der Waals surface area contributed by atoms with E-state index in [4.69, 9.17) is 5.26 Å². The molecule has 1 unspecified atom stereocenters. The molecule has 0 aromatic heterocycles. The summed E-state index contributed by atoms with van der Waals surface area (Å²) in [4.78, 5) is 2.57. The van der Waals surface area contributed by atoms with Gasteiger partial charge >= 0.3 is 0 Å². The van der Waals surface area contributed by atoms with Gasteiger partial charge in [-0.05, 0) is 65.2 Å². The van der Waals surface area contributed by atoms with Crippen LogP contribution in [0.2, 0.25) is 0 Å². The van der Waals surface area contributed by atoms with Gasteiger partial charge in [-0.2, -0.15) is 5.26 Å². The maximum Gasteiger partial charge on any atom is 0.103 e. The number of rotatable bonds is 7. The first kappa shape index (κ1) is 14.5. The monoisotopic (exact) mass is 237 g/mol. The molecule has 0 amide bonds. The molecule has 0 aliphatic carbocycles. The van der Waals surface area contributed by atoms with E-state index in [1.165, 1.54) is 45.3 Å². The molecule has 1 N–H and O–H groups in total. The third-order valence-corrected chi connectivity index (χ3v) is 3.66. The largest absolute Gasteiger partial charge is 0.303 e. The Bertz CT molecular complexity index is 240. The highest BCUT2D eigenvalue weighted by atomic mass is 15.1. The van der Waals surface area contributed by atoms with Gasteiger partial charge in [0, 0.05) is 0 Å². The maximum atomic E-state index is 9.14. The Labute approximate surface area is 106 Å². The van der Waals surface area contributed by atoms with E-state index in [9.17, 15) is 0 Å². The predicted molar refractivity (Wildman–Crippen MR) is 71.8 cm³/mol. The standard InChI is InChI=1S/C14H27N3/c1-3-16-14(2,13-15)9-5-8-12-17-10-6-4-7-11-17/h16H,3-12H2,1-2H3. The molecule has 0 aromatic carbocycles. The molecule has 0 radical (unpaired) electrons. The fraction of sp³-hybridized carbons (Fsp3) is 0.929. The predicted octanol–water partition coefficient (Wildman–Crippen LogP) is 2.53. The van der Waals surface area contributed by atoms with Gasteiger partial charge in [-0.3, -0.25) is 5.32 Å². The van der Waals surface area contributed by atoms with Gasteiger partial charge in [0.1, 0.15) is 5.54 Å². The summed E-state index contributed by atoms with van der Waals surface area (Å²) in [5, 5.41) is 12.4. The van der Waals surface area contributed by atoms with E-state index < -0.39 is 0 Å². The highest BCUT2D eigenvalue weighted by molar-refractivity contribution is 5.03.